The first-order valence-corrected chi connectivity index (χ1v) is 6.39. The van der Waals surface area contributed by atoms with E-state index in [2.05, 4.69) is 25.7 Å². The van der Waals surface area contributed by atoms with Crippen LogP contribution >= 0.6 is 0 Å². The second-order valence-corrected chi connectivity index (χ2v) is 5.89. The third-order valence-electron chi connectivity index (χ3n) is 4.34. The van der Waals surface area contributed by atoms with Gasteiger partial charge in [0.05, 0.1) is 0 Å². The van der Waals surface area contributed by atoms with Gasteiger partial charge < -0.3 is 4.90 Å². The standard InChI is InChI=1S/C13H25N/c1-10(2)13-8-11(3)9-14-6-4-12(13)5-7-14/h10-13H,4-9H2,1-3H3. The van der Waals surface area contributed by atoms with E-state index in [1.54, 1.807) is 0 Å². The van der Waals surface area contributed by atoms with Crippen LogP contribution in [0.4, 0.5) is 0 Å². The molecule has 0 aromatic rings. The van der Waals surface area contributed by atoms with Gasteiger partial charge in [-0.15, -0.1) is 0 Å². The Morgan fingerprint density at radius 2 is 1.79 bits per heavy atom. The Bertz CT molecular complexity index is 180. The van der Waals surface area contributed by atoms with Crippen LogP contribution in [0.15, 0.2) is 0 Å². The van der Waals surface area contributed by atoms with Gasteiger partial charge in [-0.3, -0.25) is 0 Å². The Morgan fingerprint density at radius 1 is 1.14 bits per heavy atom. The smallest absolute Gasteiger partial charge is 0.000713 e. The van der Waals surface area contributed by atoms with Crippen LogP contribution < -0.4 is 0 Å². The maximum Gasteiger partial charge on any atom is 0.000713 e. The molecule has 0 amide bonds. The highest BCUT2D eigenvalue weighted by Gasteiger charge is 2.32. The quantitative estimate of drug-likeness (QED) is 0.621. The number of hydrogen-bond donors (Lipinski definition) is 0. The molecule has 2 unspecified atom stereocenters. The zero-order valence-electron chi connectivity index (χ0n) is 10.00. The zero-order valence-corrected chi connectivity index (χ0v) is 10.00. The summed E-state index contributed by atoms with van der Waals surface area (Å²) in [5, 5.41) is 0. The number of hydrogen-bond acceptors (Lipinski definition) is 1. The Labute approximate surface area is 88.9 Å². The molecule has 82 valence electrons. The zero-order chi connectivity index (χ0) is 10.1. The minimum Gasteiger partial charge on any atom is -0.303 e. The van der Waals surface area contributed by atoms with Crippen molar-refractivity contribution in [3.05, 3.63) is 0 Å². The molecule has 14 heavy (non-hydrogen) atoms. The van der Waals surface area contributed by atoms with Crippen LogP contribution in [0.25, 0.3) is 0 Å². The second-order valence-electron chi connectivity index (χ2n) is 5.89. The second kappa shape index (κ2) is 4.22. The summed E-state index contributed by atoms with van der Waals surface area (Å²) in [6.07, 6.45) is 4.41. The number of rotatable bonds is 1. The topological polar surface area (TPSA) is 3.24 Å². The lowest BCUT2D eigenvalue weighted by Crippen LogP contribution is -2.43. The van der Waals surface area contributed by atoms with Crippen molar-refractivity contribution in [3.63, 3.8) is 0 Å². The summed E-state index contributed by atoms with van der Waals surface area (Å²) in [7, 11) is 0. The lowest BCUT2D eigenvalue weighted by atomic mass is 9.72. The summed E-state index contributed by atoms with van der Waals surface area (Å²) in [6.45, 7) is 11.4. The lowest BCUT2D eigenvalue weighted by molar-refractivity contribution is 0.0633. The van der Waals surface area contributed by atoms with Crippen LogP contribution in [0.3, 0.4) is 0 Å². The largest absolute Gasteiger partial charge is 0.303 e. The molecule has 1 nitrogen and oxygen atoms in total. The highest BCUT2D eigenvalue weighted by atomic mass is 15.1. The summed E-state index contributed by atoms with van der Waals surface area (Å²) in [4.78, 5) is 2.68. The molecule has 3 aliphatic rings. The molecule has 3 heterocycles. The molecule has 0 radical (unpaired) electrons. The van der Waals surface area contributed by atoms with Crippen molar-refractivity contribution < 1.29 is 0 Å². The Morgan fingerprint density at radius 3 is 2.36 bits per heavy atom. The summed E-state index contributed by atoms with van der Waals surface area (Å²) in [5.41, 5.74) is 0. The van der Waals surface area contributed by atoms with Gasteiger partial charge in [0.15, 0.2) is 0 Å². The maximum absolute atomic E-state index is 2.68. The third kappa shape index (κ3) is 2.13. The van der Waals surface area contributed by atoms with Crippen LogP contribution in [0.2, 0.25) is 0 Å². The van der Waals surface area contributed by atoms with Gasteiger partial charge in [0.1, 0.15) is 0 Å². The number of nitrogens with zero attached hydrogens (tertiary/aromatic N) is 1. The van der Waals surface area contributed by atoms with Crippen LogP contribution in [0, 0.1) is 23.7 Å². The predicted molar refractivity (Wildman–Crippen MR) is 61.3 cm³/mol. The highest BCUT2D eigenvalue weighted by molar-refractivity contribution is 4.84. The van der Waals surface area contributed by atoms with E-state index in [0.29, 0.717) is 0 Å². The van der Waals surface area contributed by atoms with Crippen molar-refractivity contribution >= 4 is 0 Å². The summed E-state index contributed by atoms with van der Waals surface area (Å²) in [5.74, 6) is 3.86. The Balaban J connectivity index is 2.07. The summed E-state index contributed by atoms with van der Waals surface area (Å²) >= 11 is 0. The van der Waals surface area contributed by atoms with Crippen LogP contribution in [0.5, 0.6) is 0 Å². The van der Waals surface area contributed by atoms with Gasteiger partial charge >= 0.3 is 0 Å². The van der Waals surface area contributed by atoms with E-state index < -0.39 is 0 Å². The summed E-state index contributed by atoms with van der Waals surface area (Å²) in [6, 6.07) is 0. The first-order chi connectivity index (χ1) is 6.66. The predicted octanol–water partition coefficient (Wildman–Crippen LogP) is 3.01. The van der Waals surface area contributed by atoms with Gasteiger partial charge in [-0.05, 0) is 56.0 Å². The first-order valence-electron chi connectivity index (χ1n) is 6.39. The average molecular weight is 195 g/mol. The van der Waals surface area contributed by atoms with Gasteiger partial charge in [0.25, 0.3) is 0 Å². The summed E-state index contributed by atoms with van der Waals surface area (Å²) < 4.78 is 0. The van der Waals surface area contributed by atoms with E-state index in [-0.39, 0.29) is 0 Å². The molecule has 2 atom stereocenters. The number of piperidine rings is 1. The molecule has 3 rings (SSSR count). The van der Waals surface area contributed by atoms with Gasteiger partial charge in [-0.2, -0.15) is 0 Å². The molecule has 0 aromatic heterocycles. The molecule has 0 saturated carbocycles. The fourth-order valence-corrected chi connectivity index (χ4v) is 3.55. The first kappa shape index (κ1) is 10.5. The molecule has 0 aromatic carbocycles. The molecular formula is C13H25N. The van der Waals surface area contributed by atoms with Gasteiger partial charge in [0.2, 0.25) is 0 Å². The monoisotopic (exact) mass is 195 g/mol. The molecule has 0 aliphatic carbocycles. The van der Waals surface area contributed by atoms with Gasteiger partial charge in [-0.1, -0.05) is 20.8 Å². The minimum absolute atomic E-state index is 0.895. The highest BCUT2D eigenvalue weighted by Crippen LogP contribution is 2.37. The van der Waals surface area contributed by atoms with E-state index >= 15 is 0 Å². The third-order valence-corrected chi connectivity index (χ3v) is 4.34. The van der Waals surface area contributed by atoms with Crippen molar-refractivity contribution in [3.8, 4) is 0 Å². The fourth-order valence-electron chi connectivity index (χ4n) is 3.55. The maximum atomic E-state index is 2.68. The SMILES string of the molecule is CC1CC(C(C)C)C2CCN(CC2)C1. The van der Waals surface area contributed by atoms with Crippen molar-refractivity contribution in [1.82, 2.24) is 4.90 Å². The normalized spacial score (nSPS) is 43.7. The van der Waals surface area contributed by atoms with Crippen LogP contribution in [-0.4, -0.2) is 24.5 Å². The Hall–Kier alpha value is -0.0400. The number of fused-ring (bicyclic) bond motifs is 5. The van der Waals surface area contributed by atoms with Crippen LogP contribution in [-0.2, 0) is 0 Å². The van der Waals surface area contributed by atoms with E-state index in [4.69, 9.17) is 0 Å². The van der Waals surface area contributed by atoms with Gasteiger partial charge in [0, 0.05) is 6.54 Å². The molecule has 3 saturated heterocycles. The van der Waals surface area contributed by atoms with E-state index in [0.717, 1.165) is 23.7 Å². The molecule has 3 aliphatic heterocycles. The van der Waals surface area contributed by atoms with Crippen molar-refractivity contribution in [2.24, 2.45) is 23.7 Å². The van der Waals surface area contributed by atoms with Crippen molar-refractivity contribution in [2.75, 3.05) is 19.6 Å². The lowest BCUT2D eigenvalue weighted by Gasteiger charge is -2.43. The molecule has 1 heteroatoms. The Kier molecular flexibility index (Phi) is 3.16. The van der Waals surface area contributed by atoms with Gasteiger partial charge in [-0.25, -0.2) is 0 Å². The van der Waals surface area contributed by atoms with Crippen molar-refractivity contribution in [1.29, 1.82) is 0 Å². The fraction of sp³-hybridized carbons (Fsp3) is 1.00. The molecule has 0 N–H and O–H groups in total. The van der Waals surface area contributed by atoms with E-state index in [9.17, 15) is 0 Å². The molecule has 2 bridgehead atoms. The molecular weight excluding hydrogens is 170 g/mol. The molecule has 0 spiro atoms. The average Bonchev–Trinajstić information content (AvgIpc) is 2.11. The molecule has 3 fully saturated rings. The van der Waals surface area contributed by atoms with E-state index in [1.165, 1.54) is 38.9 Å². The van der Waals surface area contributed by atoms with Crippen molar-refractivity contribution in [2.45, 2.75) is 40.0 Å². The minimum atomic E-state index is 0.895. The van der Waals surface area contributed by atoms with Crippen LogP contribution in [0.1, 0.15) is 40.0 Å². The van der Waals surface area contributed by atoms with E-state index in [1.807, 2.05) is 0 Å².